The molecule has 126 valence electrons. The van der Waals surface area contributed by atoms with Gasteiger partial charge in [-0.2, -0.15) is 0 Å². The van der Waals surface area contributed by atoms with Gasteiger partial charge in [-0.25, -0.2) is 4.39 Å². The molecule has 3 rings (SSSR count). The molecular formula is C20H23FN2O. The van der Waals surface area contributed by atoms with Gasteiger partial charge in [-0.1, -0.05) is 42.0 Å². The highest BCUT2D eigenvalue weighted by atomic mass is 19.1. The highest BCUT2D eigenvalue weighted by Crippen LogP contribution is 2.22. The summed E-state index contributed by atoms with van der Waals surface area (Å²) in [7, 11) is 0. The number of carbonyl (C=O) groups excluding carboxylic acids is 1. The summed E-state index contributed by atoms with van der Waals surface area (Å²) < 4.78 is 13.6. The number of nitrogens with one attached hydrogen (secondary N) is 1. The molecule has 1 N–H and O–H groups in total. The van der Waals surface area contributed by atoms with E-state index in [9.17, 15) is 9.18 Å². The smallest absolute Gasteiger partial charge is 0.227 e. The van der Waals surface area contributed by atoms with Crippen LogP contribution in [0, 0.1) is 18.7 Å². The summed E-state index contributed by atoms with van der Waals surface area (Å²) in [6.07, 6.45) is 1.62. The molecule has 1 heterocycles. The van der Waals surface area contributed by atoms with Crippen LogP contribution in [0.15, 0.2) is 48.5 Å². The quantitative estimate of drug-likeness (QED) is 0.921. The predicted octanol–water partition coefficient (Wildman–Crippen LogP) is 3.98. The van der Waals surface area contributed by atoms with Gasteiger partial charge in [0, 0.05) is 12.5 Å². The van der Waals surface area contributed by atoms with Gasteiger partial charge < -0.3 is 5.32 Å². The zero-order valence-corrected chi connectivity index (χ0v) is 14.0. The number of carbonyl (C=O) groups is 1. The molecule has 0 bridgehead atoms. The molecule has 3 nitrogen and oxygen atoms in total. The number of rotatable bonds is 4. The third-order valence-corrected chi connectivity index (χ3v) is 4.62. The van der Waals surface area contributed by atoms with Gasteiger partial charge in [0.15, 0.2) is 0 Å². The Morgan fingerprint density at radius 3 is 2.46 bits per heavy atom. The topological polar surface area (TPSA) is 32.3 Å². The molecule has 0 aromatic heterocycles. The summed E-state index contributed by atoms with van der Waals surface area (Å²) in [4.78, 5) is 14.7. The van der Waals surface area contributed by atoms with Crippen molar-refractivity contribution in [3.8, 4) is 0 Å². The van der Waals surface area contributed by atoms with Gasteiger partial charge >= 0.3 is 0 Å². The average molecular weight is 326 g/mol. The van der Waals surface area contributed by atoms with Crippen molar-refractivity contribution in [3.05, 3.63) is 65.5 Å². The fraction of sp³-hybridized carbons (Fsp3) is 0.350. The molecule has 1 aliphatic heterocycles. The van der Waals surface area contributed by atoms with Crippen LogP contribution < -0.4 is 5.32 Å². The normalized spacial score (nSPS) is 16.1. The van der Waals surface area contributed by atoms with E-state index in [1.54, 1.807) is 18.2 Å². The summed E-state index contributed by atoms with van der Waals surface area (Å²) in [5.41, 5.74) is 2.83. The molecule has 0 saturated carbocycles. The van der Waals surface area contributed by atoms with E-state index >= 15 is 0 Å². The number of amides is 1. The van der Waals surface area contributed by atoms with Crippen LogP contribution in [-0.2, 0) is 11.3 Å². The minimum absolute atomic E-state index is 0.0427. The summed E-state index contributed by atoms with van der Waals surface area (Å²) in [6.45, 7) is 4.79. The number of benzene rings is 2. The van der Waals surface area contributed by atoms with E-state index in [1.165, 1.54) is 17.2 Å². The van der Waals surface area contributed by atoms with Crippen molar-refractivity contribution in [1.29, 1.82) is 0 Å². The van der Waals surface area contributed by atoms with Crippen LogP contribution in [-0.4, -0.2) is 23.9 Å². The first-order chi connectivity index (χ1) is 11.6. The Kier molecular flexibility index (Phi) is 5.26. The number of hydrogen-bond acceptors (Lipinski definition) is 2. The Morgan fingerprint density at radius 2 is 1.79 bits per heavy atom. The van der Waals surface area contributed by atoms with Crippen LogP contribution in [0.4, 0.5) is 10.1 Å². The minimum atomic E-state index is -0.386. The molecule has 1 aliphatic rings. The first kappa shape index (κ1) is 16.7. The number of anilines is 1. The van der Waals surface area contributed by atoms with Crippen molar-refractivity contribution >= 4 is 11.6 Å². The fourth-order valence-corrected chi connectivity index (χ4v) is 3.10. The maximum atomic E-state index is 13.6. The van der Waals surface area contributed by atoms with Crippen LogP contribution >= 0.6 is 0 Å². The van der Waals surface area contributed by atoms with Crippen molar-refractivity contribution in [2.24, 2.45) is 5.92 Å². The van der Waals surface area contributed by atoms with E-state index in [4.69, 9.17) is 0 Å². The highest BCUT2D eigenvalue weighted by Gasteiger charge is 2.25. The van der Waals surface area contributed by atoms with Gasteiger partial charge in [0.05, 0.1) is 5.69 Å². The van der Waals surface area contributed by atoms with Gasteiger partial charge in [0.25, 0.3) is 0 Å². The number of likely N-dealkylation sites (tertiary alicyclic amines) is 1. The highest BCUT2D eigenvalue weighted by molar-refractivity contribution is 5.92. The standard InChI is InChI=1S/C20H23FN2O/c1-15-6-8-16(9-7-15)14-23-12-10-17(11-13-23)20(24)22-19-5-3-2-4-18(19)21/h2-9,17H,10-14H2,1H3,(H,22,24). The maximum absolute atomic E-state index is 13.6. The molecule has 4 heteroatoms. The van der Waals surface area contributed by atoms with E-state index in [0.717, 1.165) is 32.5 Å². The Hall–Kier alpha value is -2.20. The molecule has 2 aromatic rings. The van der Waals surface area contributed by atoms with E-state index in [-0.39, 0.29) is 23.3 Å². The molecule has 0 atom stereocenters. The number of halogens is 1. The lowest BCUT2D eigenvalue weighted by Gasteiger charge is -2.31. The van der Waals surface area contributed by atoms with Gasteiger partial charge in [0.2, 0.25) is 5.91 Å². The zero-order valence-electron chi connectivity index (χ0n) is 14.0. The summed E-state index contributed by atoms with van der Waals surface area (Å²) >= 11 is 0. The van der Waals surface area contributed by atoms with Crippen molar-refractivity contribution in [2.75, 3.05) is 18.4 Å². The second kappa shape index (κ2) is 7.58. The van der Waals surface area contributed by atoms with Crippen LogP contribution in [0.25, 0.3) is 0 Å². The van der Waals surface area contributed by atoms with E-state index in [2.05, 4.69) is 41.4 Å². The van der Waals surface area contributed by atoms with Crippen LogP contribution in [0.1, 0.15) is 24.0 Å². The molecular weight excluding hydrogens is 303 g/mol. The SMILES string of the molecule is Cc1ccc(CN2CCC(C(=O)Nc3ccccc3F)CC2)cc1. The lowest BCUT2D eigenvalue weighted by molar-refractivity contribution is -0.121. The Labute approximate surface area is 142 Å². The maximum Gasteiger partial charge on any atom is 0.227 e. The van der Waals surface area contributed by atoms with E-state index in [0.29, 0.717) is 0 Å². The molecule has 1 saturated heterocycles. The molecule has 0 spiro atoms. The second-order valence-electron chi connectivity index (χ2n) is 6.51. The third-order valence-electron chi connectivity index (χ3n) is 4.62. The lowest BCUT2D eigenvalue weighted by atomic mass is 9.95. The van der Waals surface area contributed by atoms with Gasteiger partial charge in [-0.05, 0) is 50.6 Å². The first-order valence-electron chi connectivity index (χ1n) is 8.45. The third kappa shape index (κ3) is 4.20. The monoisotopic (exact) mass is 326 g/mol. The van der Waals surface area contributed by atoms with Gasteiger partial charge in [-0.3, -0.25) is 9.69 Å². The minimum Gasteiger partial charge on any atom is -0.323 e. The fourth-order valence-electron chi connectivity index (χ4n) is 3.10. The van der Waals surface area contributed by atoms with Crippen molar-refractivity contribution < 1.29 is 9.18 Å². The molecule has 24 heavy (non-hydrogen) atoms. The first-order valence-corrected chi connectivity index (χ1v) is 8.45. The number of para-hydroxylation sites is 1. The van der Waals surface area contributed by atoms with Crippen LogP contribution in [0.3, 0.4) is 0 Å². The Balaban J connectivity index is 1.50. The van der Waals surface area contributed by atoms with Crippen molar-refractivity contribution in [2.45, 2.75) is 26.3 Å². The van der Waals surface area contributed by atoms with E-state index < -0.39 is 0 Å². The average Bonchev–Trinajstić information content (AvgIpc) is 2.59. The summed E-state index contributed by atoms with van der Waals surface area (Å²) in [6, 6.07) is 14.9. The molecule has 1 fully saturated rings. The van der Waals surface area contributed by atoms with E-state index in [1.807, 2.05) is 0 Å². The summed E-state index contributed by atoms with van der Waals surface area (Å²) in [5.74, 6) is -0.503. The number of aryl methyl sites for hydroxylation is 1. The van der Waals surface area contributed by atoms with Crippen LogP contribution in [0.5, 0.6) is 0 Å². The van der Waals surface area contributed by atoms with Crippen molar-refractivity contribution in [3.63, 3.8) is 0 Å². The van der Waals surface area contributed by atoms with Crippen molar-refractivity contribution in [1.82, 2.24) is 4.90 Å². The zero-order chi connectivity index (χ0) is 16.9. The number of piperidine rings is 1. The molecule has 0 unspecified atom stereocenters. The molecule has 0 aliphatic carbocycles. The number of hydrogen-bond donors (Lipinski definition) is 1. The summed E-state index contributed by atoms with van der Waals surface area (Å²) in [5, 5.41) is 2.72. The Morgan fingerprint density at radius 1 is 1.12 bits per heavy atom. The second-order valence-corrected chi connectivity index (χ2v) is 6.51. The van der Waals surface area contributed by atoms with Crippen LogP contribution in [0.2, 0.25) is 0 Å². The largest absolute Gasteiger partial charge is 0.323 e. The number of nitrogens with zero attached hydrogens (tertiary/aromatic N) is 1. The molecule has 0 radical (unpaired) electrons. The van der Waals surface area contributed by atoms with Gasteiger partial charge in [-0.15, -0.1) is 0 Å². The lowest BCUT2D eigenvalue weighted by Crippen LogP contribution is -2.37. The molecule has 1 amide bonds. The molecule has 2 aromatic carbocycles. The van der Waals surface area contributed by atoms with Gasteiger partial charge in [0.1, 0.15) is 5.82 Å². The Bertz CT molecular complexity index is 691. The predicted molar refractivity (Wildman–Crippen MR) is 94.2 cm³/mol.